The summed E-state index contributed by atoms with van der Waals surface area (Å²) in [7, 11) is 0. The van der Waals surface area contributed by atoms with E-state index in [4.69, 9.17) is 9.52 Å². The van der Waals surface area contributed by atoms with Gasteiger partial charge in [-0.05, 0) is 19.4 Å². The first-order valence-electron chi connectivity index (χ1n) is 7.61. The molecule has 0 aliphatic heterocycles. The Bertz CT molecular complexity index is 905. The molecule has 116 valence electrons. The molecule has 23 heavy (non-hydrogen) atoms. The Kier molecular flexibility index (Phi) is 4.40. The smallest absolute Gasteiger partial charge is 0.196 e. The van der Waals surface area contributed by atoms with Crippen molar-refractivity contribution in [2.24, 2.45) is 0 Å². The molecule has 0 radical (unpaired) electrons. The third-order valence-corrected chi connectivity index (χ3v) is 3.80. The molecule has 1 N–H and O–H groups in total. The summed E-state index contributed by atoms with van der Waals surface area (Å²) in [6, 6.07) is 15.2. The SMILES string of the molecule is Cc1c(-c2ccccc2)oc2c(/C=C/CCO)cccc2c1=O. The quantitative estimate of drug-likeness (QED) is 0.787. The van der Waals surface area contributed by atoms with E-state index in [2.05, 4.69) is 0 Å². The molecule has 3 heteroatoms. The zero-order valence-corrected chi connectivity index (χ0v) is 13.0. The van der Waals surface area contributed by atoms with Crippen molar-refractivity contribution < 1.29 is 9.52 Å². The lowest BCUT2D eigenvalue weighted by Gasteiger charge is -2.08. The Morgan fingerprint density at radius 1 is 1.09 bits per heavy atom. The van der Waals surface area contributed by atoms with Crippen molar-refractivity contribution in [1.29, 1.82) is 0 Å². The zero-order valence-electron chi connectivity index (χ0n) is 13.0. The molecule has 0 saturated heterocycles. The summed E-state index contributed by atoms with van der Waals surface area (Å²) in [5.41, 5.74) is 2.90. The van der Waals surface area contributed by atoms with Crippen molar-refractivity contribution in [3.8, 4) is 11.3 Å². The molecule has 3 rings (SSSR count). The number of hydrogen-bond acceptors (Lipinski definition) is 3. The van der Waals surface area contributed by atoms with E-state index >= 15 is 0 Å². The number of aliphatic hydroxyl groups excluding tert-OH is 1. The number of rotatable bonds is 4. The van der Waals surface area contributed by atoms with Crippen LogP contribution in [0.2, 0.25) is 0 Å². The van der Waals surface area contributed by atoms with E-state index in [9.17, 15) is 4.79 Å². The minimum atomic E-state index is -0.0116. The van der Waals surface area contributed by atoms with Crippen LogP contribution in [0.25, 0.3) is 28.4 Å². The number of hydrogen-bond donors (Lipinski definition) is 1. The summed E-state index contributed by atoms with van der Waals surface area (Å²) in [6.07, 6.45) is 4.32. The molecule has 2 aromatic carbocycles. The van der Waals surface area contributed by atoms with Gasteiger partial charge in [-0.25, -0.2) is 0 Å². The first-order chi connectivity index (χ1) is 11.2. The van der Waals surface area contributed by atoms with Gasteiger partial charge in [0.1, 0.15) is 11.3 Å². The van der Waals surface area contributed by atoms with E-state index in [1.807, 2.05) is 54.6 Å². The van der Waals surface area contributed by atoms with E-state index < -0.39 is 0 Å². The first-order valence-corrected chi connectivity index (χ1v) is 7.61. The highest BCUT2D eigenvalue weighted by atomic mass is 16.3. The van der Waals surface area contributed by atoms with Crippen LogP contribution < -0.4 is 5.43 Å². The first kappa shape index (κ1) is 15.3. The van der Waals surface area contributed by atoms with Crippen molar-refractivity contribution in [3.63, 3.8) is 0 Å². The maximum absolute atomic E-state index is 12.7. The maximum Gasteiger partial charge on any atom is 0.196 e. The van der Waals surface area contributed by atoms with Gasteiger partial charge in [-0.2, -0.15) is 0 Å². The van der Waals surface area contributed by atoms with Crippen LogP contribution in [0.4, 0.5) is 0 Å². The highest BCUT2D eigenvalue weighted by molar-refractivity contribution is 5.87. The largest absolute Gasteiger partial charge is 0.455 e. The number of fused-ring (bicyclic) bond motifs is 1. The molecule has 1 heterocycles. The number of para-hydroxylation sites is 1. The molecular formula is C20H18O3. The van der Waals surface area contributed by atoms with Crippen LogP contribution >= 0.6 is 0 Å². The second-order valence-electron chi connectivity index (χ2n) is 5.39. The van der Waals surface area contributed by atoms with Crippen LogP contribution in [0.15, 0.2) is 63.8 Å². The lowest BCUT2D eigenvalue weighted by molar-refractivity contribution is 0.303. The second kappa shape index (κ2) is 6.63. The van der Waals surface area contributed by atoms with Gasteiger partial charge in [0.2, 0.25) is 0 Å². The maximum atomic E-state index is 12.7. The molecule has 3 aromatic rings. The summed E-state index contributed by atoms with van der Waals surface area (Å²) < 4.78 is 6.11. The molecular weight excluding hydrogens is 288 g/mol. The van der Waals surface area contributed by atoms with Crippen molar-refractivity contribution in [1.82, 2.24) is 0 Å². The van der Waals surface area contributed by atoms with Crippen molar-refractivity contribution >= 4 is 17.0 Å². The Morgan fingerprint density at radius 3 is 2.61 bits per heavy atom. The van der Waals surface area contributed by atoms with Gasteiger partial charge in [-0.15, -0.1) is 0 Å². The summed E-state index contributed by atoms with van der Waals surface area (Å²) in [5, 5.41) is 9.48. The zero-order chi connectivity index (χ0) is 16.2. The summed E-state index contributed by atoms with van der Waals surface area (Å²) in [5.74, 6) is 0.603. The van der Waals surface area contributed by atoms with Crippen LogP contribution in [-0.2, 0) is 0 Å². The average molecular weight is 306 g/mol. The Hall–Kier alpha value is -2.65. The Morgan fingerprint density at radius 2 is 1.87 bits per heavy atom. The minimum Gasteiger partial charge on any atom is -0.455 e. The lowest BCUT2D eigenvalue weighted by Crippen LogP contribution is -2.07. The summed E-state index contributed by atoms with van der Waals surface area (Å²) in [4.78, 5) is 12.7. The predicted molar refractivity (Wildman–Crippen MR) is 93.4 cm³/mol. The Labute approximate surface area is 134 Å². The van der Waals surface area contributed by atoms with Gasteiger partial charge in [-0.3, -0.25) is 4.79 Å². The van der Waals surface area contributed by atoms with Crippen molar-refractivity contribution in [3.05, 3.63) is 76.0 Å². The van der Waals surface area contributed by atoms with E-state index in [-0.39, 0.29) is 12.0 Å². The fraction of sp³-hybridized carbons (Fsp3) is 0.150. The molecule has 0 atom stereocenters. The molecule has 0 aliphatic carbocycles. The van der Waals surface area contributed by atoms with Gasteiger partial charge in [0.25, 0.3) is 0 Å². The topological polar surface area (TPSA) is 50.4 Å². The van der Waals surface area contributed by atoms with Crippen molar-refractivity contribution in [2.75, 3.05) is 6.61 Å². The number of aliphatic hydroxyl groups is 1. The molecule has 0 aliphatic rings. The molecule has 3 nitrogen and oxygen atoms in total. The van der Waals surface area contributed by atoms with Gasteiger partial charge in [0.15, 0.2) is 5.43 Å². The van der Waals surface area contributed by atoms with Crippen LogP contribution in [0.3, 0.4) is 0 Å². The van der Waals surface area contributed by atoms with E-state index in [0.29, 0.717) is 28.7 Å². The van der Waals surface area contributed by atoms with Crippen LogP contribution in [-0.4, -0.2) is 11.7 Å². The van der Waals surface area contributed by atoms with Gasteiger partial charge < -0.3 is 9.52 Å². The van der Waals surface area contributed by atoms with Crippen LogP contribution in [0.5, 0.6) is 0 Å². The average Bonchev–Trinajstić information content (AvgIpc) is 2.59. The highest BCUT2D eigenvalue weighted by Crippen LogP contribution is 2.27. The molecule has 0 saturated carbocycles. The molecule has 0 fully saturated rings. The van der Waals surface area contributed by atoms with Gasteiger partial charge >= 0.3 is 0 Å². The Balaban J connectivity index is 2.26. The predicted octanol–water partition coefficient (Wildman–Crippen LogP) is 4.16. The van der Waals surface area contributed by atoms with Crippen LogP contribution in [0, 0.1) is 6.92 Å². The molecule has 0 bridgehead atoms. The number of benzene rings is 2. The monoisotopic (exact) mass is 306 g/mol. The second-order valence-corrected chi connectivity index (χ2v) is 5.39. The minimum absolute atomic E-state index is 0.0116. The third-order valence-electron chi connectivity index (χ3n) is 3.80. The fourth-order valence-electron chi connectivity index (χ4n) is 2.61. The summed E-state index contributed by atoms with van der Waals surface area (Å²) >= 11 is 0. The molecule has 0 spiro atoms. The van der Waals surface area contributed by atoms with Gasteiger partial charge in [0.05, 0.1) is 5.39 Å². The third kappa shape index (κ3) is 2.96. The van der Waals surface area contributed by atoms with E-state index in [0.717, 1.165) is 11.1 Å². The lowest BCUT2D eigenvalue weighted by atomic mass is 10.0. The van der Waals surface area contributed by atoms with Gasteiger partial charge in [-0.1, -0.05) is 54.6 Å². The molecule has 1 aromatic heterocycles. The molecule has 0 unspecified atom stereocenters. The highest BCUT2D eigenvalue weighted by Gasteiger charge is 2.13. The van der Waals surface area contributed by atoms with E-state index in [1.54, 1.807) is 13.0 Å². The normalized spacial score (nSPS) is 11.4. The van der Waals surface area contributed by atoms with Crippen LogP contribution in [0.1, 0.15) is 17.5 Å². The summed E-state index contributed by atoms with van der Waals surface area (Å²) in [6.45, 7) is 1.89. The van der Waals surface area contributed by atoms with Crippen molar-refractivity contribution in [2.45, 2.75) is 13.3 Å². The fourth-order valence-corrected chi connectivity index (χ4v) is 2.61. The van der Waals surface area contributed by atoms with Gasteiger partial charge in [0, 0.05) is 23.3 Å². The molecule has 0 amide bonds. The standard InChI is InChI=1S/C20H18O3/c1-14-18(22)17-12-7-11-16(10-5-6-13-21)20(17)23-19(14)15-8-3-2-4-9-15/h2-5,7-12,21H,6,13H2,1H3/b10-5+. The van der Waals surface area contributed by atoms with E-state index in [1.165, 1.54) is 0 Å².